The molecule has 0 unspecified atom stereocenters. The Morgan fingerprint density at radius 1 is 1.43 bits per heavy atom. The van der Waals surface area contributed by atoms with Crippen molar-refractivity contribution < 1.29 is 4.74 Å². The standard InChI is InChI=1S/C8H14BrN3OS/c1-2-5-13-6-3-4-10-8-12-11-7(9)14-8/h2-6H2,1H3,(H,10,12). The van der Waals surface area contributed by atoms with Crippen molar-refractivity contribution in [3.05, 3.63) is 3.92 Å². The highest BCUT2D eigenvalue weighted by Gasteiger charge is 1.98. The summed E-state index contributed by atoms with van der Waals surface area (Å²) < 4.78 is 6.15. The summed E-state index contributed by atoms with van der Waals surface area (Å²) in [5.41, 5.74) is 0. The van der Waals surface area contributed by atoms with Crippen LogP contribution in [0.25, 0.3) is 0 Å². The molecule has 0 radical (unpaired) electrons. The Balaban J connectivity index is 1.99. The summed E-state index contributed by atoms with van der Waals surface area (Å²) in [4.78, 5) is 0. The van der Waals surface area contributed by atoms with Gasteiger partial charge in [-0.05, 0) is 28.8 Å². The van der Waals surface area contributed by atoms with Gasteiger partial charge in [-0.2, -0.15) is 0 Å². The van der Waals surface area contributed by atoms with Gasteiger partial charge >= 0.3 is 0 Å². The van der Waals surface area contributed by atoms with E-state index in [1.165, 1.54) is 11.3 Å². The molecule has 1 N–H and O–H groups in total. The molecule has 80 valence electrons. The van der Waals surface area contributed by atoms with Gasteiger partial charge in [0.25, 0.3) is 0 Å². The molecule has 6 heteroatoms. The van der Waals surface area contributed by atoms with Crippen LogP contribution >= 0.6 is 27.3 Å². The molecule has 1 rings (SSSR count). The number of anilines is 1. The van der Waals surface area contributed by atoms with Crippen LogP contribution in [0.4, 0.5) is 5.13 Å². The normalized spacial score (nSPS) is 10.4. The van der Waals surface area contributed by atoms with E-state index in [0.717, 1.165) is 41.6 Å². The highest BCUT2D eigenvalue weighted by atomic mass is 79.9. The van der Waals surface area contributed by atoms with E-state index >= 15 is 0 Å². The first-order chi connectivity index (χ1) is 6.83. The zero-order chi connectivity index (χ0) is 10.2. The summed E-state index contributed by atoms with van der Waals surface area (Å²) in [6.07, 6.45) is 2.08. The third-order valence-corrected chi connectivity index (χ3v) is 2.80. The van der Waals surface area contributed by atoms with Crippen LogP contribution in [0, 0.1) is 0 Å². The molecule has 0 saturated carbocycles. The van der Waals surface area contributed by atoms with E-state index in [1.54, 1.807) is 0 Å². The van der Waals surface area contributed by atoms with Gasteiger partial charge in [0.2, 0.25) is 5.13 Å². The Bertz CT molecular complexity index is 256. The van der Waals surface area contributed by atoms with Crippen LogP contribution < -0.4 is 5.32 Å². The highest BCUT2D eigenvalue weighted by Crippen LogP contribution is 2.19. The van der Waals surface area contributed by atoms with Crippen LogP contribution in [0.3, 0.4) is 0 Å². The third-order valence-electron chi connectivity index (χ3n) is 1.49. The van der Waals surface area contributed by atoms with Gasteiger partial charge in [0.1, 0.15) is 0 Å². The van der Waals surface area contributed by atoms with E-state index in [-0.39, 0.29) is 0 Å². The minimum Gasteiger partial charge on any atom is -0.381 e. The second kappa shape index (κ2) is 7.14. The van der Waals surface area contributed by atoms with Crippen molar-refractivity contribution in [3.8, 4) is 0 Å². The van der Waals surface area contributed by atoms with Gasteiger partial charge in [0.05, 0.1) is 0 Å². The Morgan fingerprint density at radius 3 is 2.93 bits per heavy atom. The molecular formula is C8H14BrN3OS. The first-order valence-electron chi connectivity index (χ1n) is 4.63. The lowest BCUT2D eigenvalue weighted by Crippen LogP contribution is -2.05. The number of nitrogens with one attached hydrogen (secondary N) is 1. The smallest absolute Gasteiger partial charge is 0.206 e. The summed E-state index contributed by atoms with van der Waals surface area (Å²) >= 11 is 4.75. The number of ether oxygens (including phenoxy) is 1. The van der Waals surface area contributed by atoms with E-state index in [2.05, 4.69) is 38.4 Å². The molecule has 0 aliphatic rings. The predicted octanol–water partition coefficient (Wildman–Crippen LogP) is 2.53. The Morgan fingerprint density at radius 2 is 2.29 bits per heavy atom. The van der Waals surface area contributed by atoms with Crippen LogP contribution in [0.15, 0.2) is 3.92 Å². The number of hydrogen-bond donors (Lipinski definition) is 1. The van der Waals surface area contributed by atoms with Gasteiger partial charge in [-0.3, -0.25) is 0 Å². The molecule has 0 amide bonds. The molecule has 0 aliphatic carbocycles. The largest absolute Gasteiger partial charge is 0.381 e. The van der Waals surface area contributed by atoms with Crippen molar-refractivity contribution in [3.63, 3.8) is 0 Å². The van der Waals surface area contributed by atoms with E-state index in [4.69, 9.17) is 4.74 Å². The summed E-state index contributed by atoms with van der Waals surface area (Å²) in [6.45, 7) is 4.65. The fourth-order valence-electron chi connectivity index (χ4n) is 0.893. The SMILES string of the molecule is CCCOCCCNc1nnc(Br)s1. The van der Waals surface area contributed by atoms with Gasteiger partial charge in [0.15, 0.2) is 3.92 Å². The molecule has 1 aromatic rings. The number of hydrogen-bond acceptors (Lipinski definition) is 5. The molecule has 0 saturated heterocycles. The number of aromatic nitrogens is 2. The maximum Gasteiger partial charge on any atom is 0.206 e. The van der Waals surface area contributed by atoms with Gasteiger partial charge in [-0.15, -0.1) is 10.2 Å². The average Bonchev–Trinajstić information content (AvgIpc) is 2.58. The van der Waals surface area contributed by atoms with Crippen molar-refractivity contribution in [2.45, 2.75) is 19.8 Å². The molecule has 14 heavy (non-hydrogen) atoms. The first kappa shape index (κ1) is 11.9. The lowest BCUT2D eigenvalue weighted by Gasteiger charge is -2.02. The summed E-state index contributed by atoms with van der Waals surface area (Å²) in [5.74, 6) is 0. The van der Waals surface area contributed by atoms with Crippen LogP contribution in [-0.4, -0.2) is 30.0 Å². The Labute approximate surface area is 96.2 Å². The zero-order valence-corrected chi connectivity index (χ0v) is 10.5. The molecule has 1 heterocycles. The van der Waals surface area contributed by atoms with Gasteiger partial charge < -0.3 is 10.1 Å². The predicted molar refractivity (Wildman–Crippen MR) is 61.8 cm³/mol. The number of rotatable bonds is 7. The van der Waals surface area contributed by atoms with Crippen molar-refractivity contribution in [2.24, 2.45) is 0 Å². The van der Waals surface area contributed by atoms with Gasteiger partial charge in [0, 0.05) is 19.8 Å². The summed E-state index contributed by atoms with van der Waals surface area (Å²) in [7, 11) is 0. The fourth-order valence-corrected chi connectivity index (χ4v) is 1.93. The van der Waals surface area contributed by atoms with Gasteiger partial charge in [-0.25, -0.2) is 0 Å². The molecule has 0 spiro atoms. The number of halogens is 1. The Hall–Kier alpha value is -0.200. The maximum atomic E-state index is 5.34. The monoisotopic (exact) mass is 279 g/mol. The number of nitrogens with zero attached hydrogens (tertiary/aromatic N) is 2. The molecular weight excluding hydrogens is 266 g/mol. The Kier molecular flexibility index (Phi) is 6.05. The first-order valence-corrected chi connectivity index (χ1v) is 6.24. The topological polar surface area (TPSA) is 47.0 Å². The fraction of sp³-hybridized carbons (Fsp3) is 0.750. The third kappa shape index (κ3) is 4.88. The molecule has 0 aromatic carbocycles. The van der Waals surface area contributed by atoms with Crippen LogP contribution in [0.1, 0.15) is 19.8 Å². The van der Waals surface area contributed by atoms with E-state index < -0.39 is 0 Å². The maximum absolute atomic E-state index is 5.34. The molecule has 0 atom stereocenters. The zero-order valence-electron chi connectivity index (χ0n) is 8.12. The molecule has 4 nitrogen and oxygen atoms in total. The average molecular weight is 280 g/mol. The van der Waals surface area contributed by atoms with Crippen molar-refractivity contribution in [2.75, 3.05) is 25.1 Å². The summed E-state index contributed by atoms with van der Waals surface area (Å²) in [6, 6.07) is 0. The lowest BCUT2D eigenvalue weighted by molar-refractivity contribution is 0.134. The highest BCUT2D eigenvalue weighted by molar-refractivity contribution is 9.11. The van der Waals surface area contributed by atoms with E-state index in [1.807, 2.05) is 0 Å². The van der Waals surface area contributed by atoms with Crippen molar-refractivity contribution in [1.29, 1.82) is 0 Å². The van der Waals surface area contributed by atoms with E-state index in [9.17, 15) is 0 Å². The lowest BCUT2D eigenvalue weighted by atomic mass is 10.4. The molecule has 1 aromatic heterocycles. The quantitative estimate of drug-likeness (QED) is 0.780. The minimum atomic E-state index is 0.806. The molecule has 0 bridgehead atoms. The molecule has 0 fully saturated rings. The van der Waals surface area contributed by atoms with Crippen molar-refractivity contribution >= 4 is 32.4 Å². The van der Waals surface area contributed by atoms with Crippen LogP contribution in [0.2, 0.25) is 0 Å². The second-order valence-corrected chi connectivity index (χ2v) is 5.01. The van der Waals surface area contributed by atoms with E-state index in [0.29, 0.717) is 0 Å². The second-order valence-electron chi connectivity index (χ2n) is 2.75. The van der Waals surface area contributed by atoms with Gasteiger partial charge in [-0.1, -0.05) is 18.3 Å². The molecule has 0 aliphatic heterocycles. The van der Waals surface area contributed by atoms with Crippen LogP contribution in [-0.2, 0) is 4.74 Å². The minimum absolute atomic E-state index is 0.806. The van der Waals surface area contributed by atoms with Crippen LogP contribution in [0.5, 0.6) is 0 Å². The van der Waals surface area contributed by atoms with Crippen molar-refractivity contribution in [1.82, 2.24) is 10.2 Å². The summed E-state index contributed by atoms with van der Waals surface area (Å²) in [5, 5.41) is 11.8.